The summed E-state index contributed by atoms with van der Waals surface area (Å²) in [6.07, 6.45) is 3.70. The van der Waals surface area contributed by atoms with E-state index in [1.54, 1.807) is 13.0 Å². The van der Waals surface area contributed by atoms with Gasteiger partial charge in [-0.15, -0.1) is 0 Å². The number of ether oxygens (including phenoxy) is 1. The normalized spacial score (nSPS) is 16.5. The molecule has 21 heavy (non-hydrogen) atoms. The number of carbonyl (C=O) groups is 2. The second-order valence-corrected chi connectivity index (χ2v) is 5.54. The van der Waals surface area contributed by atoms with Crippen molar-refractivity contribution < 1.29 is 19.4 Å². The molecule has 1 aromatic carbocycles. The van der Waals surface area contributed by atoms with Crippen molar-refractivity contribution in [2.24, 2.45) is 0 Å². The molecule has 1 unspecified atom stereocenters. The van der Waals surface area contributed by atoms with Gasteiger partial charge in [-0.1, -0.05) is 18.9 Å². The molecule has 1 saturated carbocycles. The molecule has 1 aromatic rings. The van der Waals surface area contributed by atoms with Crippen molar-refractivity contribution in [1.29, 1.82) is 0 Å². The van der Waals surface area contributed by atoms with Gasteiger partial charge in [0.15, 0.2) is 6.10 Å². The van der Waals surface area contributed by atoms with Crippen LogP contribution < -0.4 is 10.1 Å². The Morgan fingerprint density at radius 2 is 2.00 bits per heavy atom. The third-order valence-corrected chi connectivity index (χ3v) is 3.81. The van der Waals surface area contributed by atoms with Crippen LogP contribution in [-0.4, -0.2) is 29.1 Å². The van der Waals surface area contributed by atoms with Gasteiger partial charge >= 0.3 is 5.97 Å². The number of benzene rings is 1. The van der Waals surface area contributed by atoms with E-state index in [9.17, 15) is 9.59 Å². The molecule has 0 saturated heterocycles. The van der Waals surface area contributed by atoms with Crippen LogP contribution >= 0.6 is 0 Å². The summed E-state index contributed by atoms with van der Waals surface area (Å²) in [6, 6.07) is 4.90. The molecule has 1 fully saturated rings. The first-order chi connectivity index (χ1) is 9.97. The summed E-state index contributed by atoms with van der Waals surface area (Å²) < 4.78 is 5.63. The fourth-order valence-corrected chi connectivity index (χ4v) is 2.49. The Bertz CT molecular complexity index is 535. The van der Waals surface area contributed by atoms with Crippen LogP contribution in [0.4, 0.5) is 0 Å². The molecule has 0 bridgehead atoms. The highest BCUT2D eigenvalue weighted by Gasteiger charge is 2.22. The molecular formula is C16H21NO4. The molecule has 5 nitrogen and oxygen atoms in total. The second-order valence-electron chi connectivity index (χ2n) is 5.54. The highest BCUT2D eigenvalue weighted by Crippen LogP contribution is 2.22. The van der Waals surface area contributed by atoms with Gasteiger partial charge in [0.1, 0.15) is 5.75 Å². The first-order valence-electron chi connectivity index (χ1n) is 7.28. The van der Waals surface area contributed by atoms with Crippen LogP contribution in [0.25, 0.3) is 0 Å². The fourth-order valence-electron chi connectivity index (χ4n) is 2.49. The van der Waals surface area contributed by atoms with E-state index in [2.05, 4.69) is 5.32 Å². The van der Waals surface area contributed by atoms with Crippen LogP contribution in [0.5, 0.6) is 5.75 Å². The van der Waals surface area contributed by atoms with Crippen molar-refractivity contribution in [2.75, 3.05) is 0 Å². The number of rotatable bonds is 5. The largest absolute Gasteiger partial charge is 0.481 e. The van der Waals surface area contributed by atoms with E-state index in [4.69, 9.17) is 9.84 Å². The van der Waals surface area contributed by atoms with Crippen molar-refractivity contribution in [2.45, 2.75) is 51.7 Å². The Hall–Kier alpha value is -2.04. The number of carbonyl (C=O) groups excluding carboxylic acids is 1. The Morgan fingerprint density at radius 3 is 2.62 bits per heavy atom. The lowest BCUT2D eigenvalue weighted by Gasteiger charge is -2.19. The summed E-state index contributed by atoms with van der Waals surface area (Å²) in [6.45, 7) is 3.50. The highest BCUT2D eigenvalue weighted by molar-refractivity contribution is 5.88. The third kappa shape index (κ3) is 3.97. The zero-order valence-electron chi connectivity index (χ0n) is 12.4. The average molecular weight is 291 g/mol. The number of carboxylic acids is 1. The monoisotopic (exact) mass is 291 g/mol. The molecule has 0 aromatic heterocycles. The van der Waals surface area contributed by atoms with Gasteiger partial charge in [-0.2, -0.15) is 0 Å². The van der Waals surface area contributed by atoms with Gasteiger partial charge in [-0.3, -0.25) is 4.79 Å². The standard InChI is InChI=1S/C16H21NO4/c1-10-7-8-12(16(19)20)9-14(10)21-11(2)15(18)17-13-5-3-4-6-13/h7-9,11,13H,3-6H2,1-2H3,(H,17,18)(H,19,20). The van der Waals surface area contributed by atoms with E-state index in [1.165, 1.54) is 12.1 Å². The maximum Gasteiger partial charge on any atom is 0.335 e. The lowest BCUT2D eigenvalue weighted by Crippen LogP contribution is -2.41. The van der Waals surface area contributed by atoms with E-state index in [1.807, 2.05) is 6.92 Å². The van der Waals surface area contributed by atoms with Gasteiger partial charge in [-0.25, -0.2) is 4.79 Å². The van der Waals surface area contributed by atoms with Crippen LogP contribution in [0.3, 0.4) is 0 Å². The van der Waals surface area contributed by atoms with E-state index in [0.29, 0.717) is 5.75 Å². The summed E-state index contributed by atoms with van der Waals surface area (Å²) in [4.78, 5) is 23.1. The minimum Gasteiger partial charge on any atom is -0.481 e. The van der Waals surface area contributed by atoms with Gasteiger partial charge in [0, 0.05) is 6.04 Å². The summed E-state index contributed by atoms with van der Waals surface area (Å²) >= 11 is 0. The molecule has 0 aliphatic heterocycles. The van der Waals surface area contributed by atoms with Gasteiger partial charge in [-0.05, 0) is 44.4 Å². The van der Waals surface area contributed by atoms with Crippen molar-refractivity contribution >= 4 is 11.9 Å². The Morgan fingerprint density at radius 1 is 1.33 bits per heavy atom. The molecule has 0 radical (unpaired) electrons. The van der Waals surface area contributed by atoms with Crippen LogP contribution in [-0.2, 0) is 4.79 Å². The molecule has 0 spiro atoms. The van der Waals surface area contributed by atoms with Crippen LogP contribution in [0.2, 0.25) is 0 Å². The number of aryl methyl sites for hydroxylation is 1. The molecule has 1 atom stereocenters. The molecule has 5 heteroatoms. The van der Waals surface area contributed by atoms with Crippen molar-refractivity contribution in [1.82, 2.24) is 5.32 Å². The molecule has 2 N–H and O–H groups in total. The predicted molar refractivity (Wildman–Crippen MR) is 78.6 cm³/mol. The van der Waals surface area contributed by atoms with Gasteiger partial charge in [0.25, 0.3) is 5.91 Å². The summed E-state index contributed by atoms with van der Waals surface area (Å²) in [5.41, 5.74) is 0.958. The summed E-state index contributed by atoms with van der Waals surface area (Å²) in [5, 5.41) is 12.0. The molecule has 2 rings (SSSR count). The molecule has 1 aliphatic carbocycles. The molecule has 114 valence electrons. The molecular weight excluding hydrogens is 270 g/mol. The maximum absolute atomic E-state index is 12.1. The molecule has 1 amide bonds. The fraction of sp³-hybridized carbons (Fsp3) is 0.500. The van der Waals surface area contributed by atoms with E-state index in [-0.39, 0.29) is 17.5 Å². The summed E-state index contributed by atoms with van der Waals surface area (Å²) in [5.74, 6) is -0.728. The highest BCUT2D eigenvalue weighted by atomic mass is 16.5. The molecule has 1 aliphatic rings. The van der Waals surface area contributed by atoms with Crippen molar-refractivity contribution in [3.63, 3.8) is 0 Å². The van der Waals surface area contributed by atoms with E-state index in [0.717, 1.165) is 31.2 Å². The van der Waals surface area contributed by atoms with Gasteiger partial charge in [0.05, 0.1) is 5.56 Å². The third-order valence-electron chi connectivity index (χ3n) is 3.81. The number of hydrogen-bond acceptors (Lipinski definition) is 3. The zero-order chi connectivity index (χ0) is 15.4. The number of carboxylic acid groups (broad SMARTS) is 1. The Balaban J connectivity index is 2.00. The lowest BCUT2D eigenvalue weighted by molar-refractivity contribution is -0.127. The van der Waals surface area contributed by atoms with Crippen LogP contribution in [0, 0.1) is 6.92 Å². The Labute approximate surface area is 124 Å². The van der Waals surface area contributed by atoms with Crippen molar-refractivity contribution in [3.8, 4) is 5.75 Å². The number of aromatic carboxylic acids is 1. The maximum atomic E-state index is 12.1. The first-order valence-corrected chi connectivity index (χ1v) is 7.28. The first kappa shape index (κ1) is 15.4. The predicted octanol–water partition coefficient (Wildman–Crippen LogP) is 2.52. The number of hydrogen-bond donors (Lipinski definition) is 2. The average Bonchev–Trinajstić information content (AvgIpc) is 2.93. The summed E-state index contributed by atoms with van der Waals surface area (Å²) in [7, 11) is 0. The quantitative estimate of drug-likeness (QED) is 0.874. The van der Waals surface area contributed by atoms with Gasteiger partial charge in [0.2, 0.25) is 0 Å². The van der Waals surface area contributed by atoms with Crippen molar-refractivity contribution in [3.05, 3.63) is 29.3 Å². The van der Waals surface area contributed by atoms with E-state index >= 15 is 0 Å². The zero-order valence-corrected chi connectivity index (χ0v) is 12.4. The minimum atomic E-state index is -1.01. The smallest absolute Gasteiger partial charge is 0.335 e. The Kier molecular flexibility index (Phi) is 4.83. The topological polar surface area (TPSA) is 75.6 Å². The van der Waals surface area contributed by atoms with Crippen LogP contribution in [0.1, 0.15) is 48.5 Å². The van der Waals surface area contributed by atoms with Crippen LogP contribution in [0.15, 0.2) is 18.2 Å². The number of nitrogens with one attached hydrogen (secondary N) is 1. The van der Waals surface area contributed by atoms with Gasteiger partial charge < -0.3 is 15.2 Å². The SMILES string of the molecule is Cc1ccc(C(=O)O)cc1OC(C)C(=O)NC1CCCC1. The lowest BCUT2D eigenvalue weighted by atomic mass is 10.1. The second kappa shape index (κ2) is 6.61. The number of amides is 1. The van der Waals surface area contributed by atoms with E-state index < -0.39 is 12.1 Å². The minimum absolute atomic E-state index is 0.151. The molecule has 0 heterocycles.